The molecule has 5 rings (SSSR count). The third kappa shape index (κ3) is 5.65. The first-order valence-corrected chi connectivity index (χ1v) is 11.5. The van der Waals surface area contributed by atoms with Crippen molar-refractivity contribution in [3.05, 3.63) is 95.7 Å². The van der Waals surface area contributed by atoms with Crippen molar-refractivity contribution in [3.63, 3.8) is 0 Å². The number of rotatable bonds is 8. The average molecular weight is 469 g/mol. The largest absolute Gasteiger partial charge is 0.470 e. The molecule has 7 nitrogen and oxygen atoms in total. The molecule has 1 aliphatic heterocycles. The molecule has 2 aromatic heterocycles. The van der Waals surface area contributed by atoms with Crippen LogP contribution in [-0.4, -0.2) is 40.5 Å². The molecule has 1 atom stereocenters. The van der Waals surface area contributed by atoms with Gasteiger partial charge in [0.05, 0.1) is 36.6 Å². The lowest BCUT2D eigenvalue weighted by Gasteiger charge is -2.27. The Labute approximate surface area is 203 Å². The lowest BCUT2D eigenvalue weighted by Crippen LogP contribution is -2.40. The minimum Gasteiger partial charge on any atom is -0.470 e. The van der Waals surface area contributed by atoms with Gasteiger partial charge in [-0.2, -0.15) is 10.4 Å². The summed E-state index contributed by atoms with van der Waals surface area (Å²) in [4.78, 5) is 4.52. The highest BCUT2D eigenvalue weighted by molar-refractivity contribution is 5.69. The summed E-state index contributed by atoms with van der Waals surface area (Å²) in [5.41, 5.74) is 5.45. The molecule has 176 valence electrons. The summed E-state index contributed by atoms with van der Waals surface area (Å²) >= 11 is 0. The lowest BCUT2D eigenvalue weighted by atomic mass is 10.1. The van der Waals surface area contributed by atoms with Gasteiger partial charge < -0.3 is 15.4 Å². The van der Waals surface area contributed by atoms with E-state index < -0.39 is 0 Å². The van der Waals surface area contributed by atoms with Crippen LogP contribution in [0.15, 0.2) is 73.2 Å². The summed E-state index contributed by atoms with van der Waals surface area (Å²) in [6.45, 7) is 2.71. The molecule has 0 spiro atoms. The van der Waals surface area contributed by atoms with Crippen LogP contribution in [0.3, 0.4) is 0 Å². The minimum atomic E-state index is -0.250. The van der Waals surface area contributed by atoms with Crippen LogP contribution in [0.4, 0.5) is 10.1 Å². The van der Waals surface area contributed by atoms with Gasteiger partial charge in [-0.05, 0) is 54.4 Å². The van der Waals surface area contributed by atoms with Crippen molar-refractivity contribution in [1.82, 2.24) is 20.1 Å². The maximum Gasteiger partial charge on any atom is 0.237 e. The Balaban J connectivity index is 1.14. The number of ether oxygens (including phenoxy) is 1. The smallest absolute Gasteiger partial charge is 0.237 e. The van der Waals surface area contributed by atoms with Gasteiger partial charge in [0.2, 0.25) is 5.88 Å². The van der Waals surface area contributed by atoms with Crippen LogP contribution >= 0.6 is 0 Å². The molecule has 2 aromatic carbocycles. The molecule has 0 bridgehead atoms. The molecular formula is C27H25FN6O. The van der Waals surface area contributed by atoms with Gasteiger partial charge in [-0.3, -0.25) is 4.68 Å². The fourth-order valence-corrected chi connectivity index (χ4v) is 4.03. The van der Waals surface area contributed by atoms with Gasteiger partial charge in [-0.1, -0.05) is 24.3 Å². The van der Waals surface area contributed by atoms with Gasteiger partial charge in [-0.15, -0.1) is 0 Å². The normalized spacial score (nSPS) is 14.5. The Bertz CT molecular complexity index is 1340. The number of nitrogens with one attached hydrogen (secondary N) is 2. The van der Waals surface area contributed by atoms with Gasteiger partial charge in [0.1, 0.15) is 11.9 Å². The highest BCUT2D eigenvalue weighted by Gasteiger charge is 2.21. The Hall–Kier alpha value is -4.22. The predicted octanol–water partition coefficient (Wildman–Crippen LogP) is 4.01. The zero-order valence-electron chi connectivity index (χ0n) is 19.1. The van der Waals surface area contributed by atoms with Crippen LogP contribution in [0.25, 0.3) is 11.1 Å². The molecule has 0 aliphatic carbocycles. The first kappa shape index (κ1) is 22.6. The third-order valence-electron chi connectivity index (χ3n) is 5.90. The van der Waals surface area contributed by atoms with E-state index in [4.69, 9.17) is 10.00 Å². The molecule has 0 amide bonds. The van der Waals surface area contributed by atoms with Gasteiger partial charge >= 0.3 is 0 Å². The van der Waals surface area contributed by atoms with Gasteiger partial charge in [-0.25, -0.2) is 9.37 Å². The van der Waals surface area contributed by atoms with E-state index in [0.29, 0.717) is 31.1 Å². The van der Waals surface area contributed by atoms with Crippen molar-refractivity contribution in [1.29, 1.82) is 5.26 Å². The molecule has 3 heterocycles. The number of anilines is 1. The summed E-state index contributed by atoms with van der Waals surface area (Å²) in [5.74, 6) is 0.339. The van der Waals surface area contributed by atoms with Crippen molar-refractivity contribution in [2.75, 3.05) is 25.0 Å². The van der Waals surface area contributed by atoms with E-state index >= 15 is 0 Å². The Morgan fingerprint density at radius 2 is 2.00 bits per heavy atom. The zero-order chi connectivity index (χ0) is 24.0. The highest BCUT2D eigenvalue weighted by atomic mass is 19.1. The summed E-state index contributed by atoms with van der Waals surface area (Å²) in [7, 11) is 0. The maximum absolute atomic E-state index is 13.4. The molecule has 1 aliphatic rings. The molecular weight excluding hydrogens is 443 g/mol. The summed E-state index contributed by atoms with van der Waals surface area (Å²) < 4.78 is 21.3. The fourth-order valence-electron chi connectivity index (χ4n) is 4.03. The van der Waals surface area contributed by atoms with Crippen molar-refractivity contribution >= 4 is 5.69 Å². The Morgan fingerprint density at radius 1 is 1.11 bits per heavy atom. The van der Waals surface area contributed by atoms with Crippen molar-refractivity contribution < 1.29 is 9.13 Å². The van der Waals surface area contributed by atoms with Crippen LogP contribution in [0.5, 0.6) is 5.88 Å². The van der Waals surface area contributed by atoms with E-state index in [1.807, 2.05) is 42.6 Å². The number of aromatic nitrogens is 3. The Kier molecular flexibility index (Phi) is 6.68. The Morgan fingerprint density at radius 3 is 2.83 bits per heavy atom. The van der Waals surface area contributed by atoms with Crippen LogP contribution in [-0.2, 0) is 13.0 Å². The van der Waals surface area contributed by atoms with E-state index in [0.717, 1.165) is 35.3 Å². The van der Waals surface area contributed by atoms with Crippen LogP contribution in [0.1, 0.15) is 16.7 Å². The molecule has 2 N–H and O–H groups in total. The number of hydrogen-bond donors (Lipinski definition) is 2. The first-order chi connectivity index (χ1) is 17.2. The fraction of sp³-hybridized carbons (Fsp3) is 0.222. The number of hydrogen-bond acceptors (Lipinski definition) is 6. The minimum absolute atomic E-state index is 0.0177. The standard InChI is InChI=1S/C27H25FN6O/c28-24-3-1-2-21(10-24)17-34-18-23(14-33-34)22-11-26-27(32-13-22)35-25(16-31-26)15-30-9-8-19-4-6-20(12-29)7-5-19/h1-7,10-11,13-14,18,25,30-31H,8-9,15-17H2. The zero-order valence-corrected chi connectivity index (χ0v) is 19.1. The SMILES string of the molecule is N#Cc1ccc(CCNCC2CNc3cc(-c4cnn(Cc5cccc(F)c5)c4)cnc3O2)cc1. The van der Waals surface area contributed by atoms with Crippen molar-refractivity contribution in [2.24, 2.45) is 0 Å². The number of nitrogens with zero attached hydrogens (tertiary/aromatic N) is 4. The summed E-state index contributed by atoms with van der Waals surface area (Å²) in [6.07, 6.45) is 6.36. The van der Waals surface area contributed by atoms with E-state index in [-0.39, 0.29) is 11.9 Å². The molecule has 4 aromatic rings. The van der Waals surface area contributed by atoms with E-state index in [2.05, 4.69) is 26.8 Å². The molecule has 8 heteroatoms. The quantitative estimate of drug-likeness (QED) is 0.380. The monoisotopic (exact) mass is 468 g/mol. The summed E-state index contributed by atoms with van der Waals surface area (Å²) in [5, 5.41) is 20.1. The van der Waals surface area contributed by atoms with Crippen LogP contribution < -0.4 is 15.4 Å². The number of pyridine rings is 1. The second-order valence-corrected chi connectivity index (χ2v) is 8.52. The molecule has 35 heavy (non-hydrogen) atoms. The summed E-state index contributed by atoms with van der Waals surface area (Å²) in [6, 6.07) is 18.3. The van der Waals surface area contributed by atoms with Gasteiger partial charge in [0, 0.05) is 30.1 Å². The second-order valence-electron chi connectivity index (χ2n) is 8.52. The average Bonchev–Trinajstić information content (AvgIpc) is 3.35. The first-order valence-electron chi connectivity index (χ1n) is 11.5. The molecule has 0 saturated heterocycles. The van der Waals surface area contributed by atoms with Crippen LogP contribution in [0.2, 0.25) is 0 Å². The molecule has 0 saturated carbocycles. The second kappa shape index (κ2) is 10.4. The molecule has 1 unspecified atom stereocenters. The van der Waals surface area contributed by atoms with E-state index in [9.17, 15) is 4.39 Å². The number of benzene rings is 2. The van der Waals surface area contributed by atoms with Crippen molar-refractivity contribution in [2.45, 2.75) is 19.1 Å². The topological polar surface area (TPSA) is 87.8 Å². The number of halogens is 1. The molecule has 0 fully saturated rings. The third-order valence-corrected chi connectivity index (χ3v) is 5.90. The lowest BCUT2D eigenvalue weighted by molar-refractivity contribution is 0.194. The van der Waals surface area contributed by atoms with Crippen molar-refractivity contribution in [3.8, 4) is 23.1 Å². The maximum atomic E-state index is 13.4. The van der Waals surface area contributed by atoms with Gasteiger partial charge in [0.15, 0.2) is 0 Å². The number of fused-ring (bicyclic) bond motifs is 1. The van der Waals surface area contributed by atoms with Crippen LogP contribution in [0, 0.1) is 17.1 Å². The number of nitriles is 1. The highest BCUT2D eigenvalue weighted by Crippen LogP contribution is 2.31. The predicted molar refractivity (Wildman–Crippen MR) is 132 cm³/mol. The van der Waals surface area contributed by atoms with Gasteiger partial charge in [0.25, 0.3) is 0 Å². The van der Waals surface area contributed by atoms with E-state index in [1.54, 1.807) is 23.1 Å². The van der Waals surface area contributed by atoms with E-state index in [1.165, 1.54) is 17.7 Å². The molecule has 0 radical (unpaired) electrons.